The van der Waals surface area contributed by atoms with E-state index < -0.39 is 6.89 Å². The average Bonchev–Trinajstić information content (AvgIpc) is 2.80. The minimum Gasteiger partial charge on any atom is -0.196 e. The zero-order valence-electron chi connectivity index (χ0n) is 16.0. The molecule has 0 amide bonds. The molecule has 0 aliphatic rings. The number of benzene rings is 4. The first-order chi connectivity index (χ1) is 14.7. The van der Waals surface area contributed by atoms with Crippen LogP contribution in [0.1, 0.15) is 0 Å². The summed E-state index contributed by atoms with van der Waals surface area (Å²) in [5.41, 5.74) is 4.19. The second-order valence-electron chi connectivity index (χ2n) is 6.61. The normalized spacial score (nSPS) is 10.7. The Kier molecular flexibility index (Phi) is 6.41. The number of rotatable bonds is 4. The molecule has 146 valence electrons. The van der Waals surface area contributed by atoms with Crippen LogP contribution in [0.2, 0.25) is 10.0 Å². The Bertz CT molecular complexity index is 1170. The van der Waals surface area contributed by atoms with Crippen LogP contribution < -0.4 is 15.9 Å². The molecule has 0 unspecified atom stereocenters. The van der Waals surface area contributed by atoms with E-state index in [-0.39, 0.29) is 0 Å². The van der Waals surface area contributed by atoms with Crippen molar-refractivity contribution >= 4 is 63.0 Å². The smallest absolute Gasteiger partial charge is 0.0924 e. The number of halogens is 2. The maximum atomic E-state index is 6.29. The predicted molar refractivity (Wildman–Crippen MR) is 134 cm³/mol. The monoisotopic (exact) mass is 445 g/mol. The lowest BCUT2D eigenvalue weighted by atomic mass is 10.3. The van der Waals surface area contributed by atoms with Crippen LogP contribution in [0.5, 0.6) is 0 Å². The quantitative estimate of drug-likeness (QED) is 0.260. The van der Waals surface area contributed by atoms with Crippen LogP contribution in [0, 0.1) is 0 Å². The molecule has 0 N–H and O–H groups in total. The molecular weight excluding hydrogens is 428 g/mol. The van der Waals surface area contributed by atoms with Gasteiger partial charge in [-0.25, -0.2) is 0 Å². The van der Waals surface area contributed by atoms with Crippen LogP contribution in [-0.2, 0) is 0 Å². The van der Waals surface area contributed by atoms with Gasteiger partial charge in [0.1, 0.15) is 0 Å². The van der Waals surface area contributed by atoms with Gasteiger partial charge in [0.2, 0.25) is 0 Å². The van der Waals surface area contributed by atoms with Crippen LogP contribution >= 0.6 is 30.1 Å². The highest BCUT2D eigenvalue weighted by Gasteiger charge is 2.24. The van der Waals surface area contributed by atoms with E-state index in [0.29, 0.717) is 15.7 Å². The molecule has 0 bridgehead atoms. The molecule has 0 radical (unpaired) electrons. The summed E-state index contributed by atoms with van der Waals surface area (Å²) in [6.07, 6.45) is 0. The number of hydrogen-bond acceptors (Lipinski definition) is 1. The molecule has 0 saturated heterocycles. The van der Waals surface area contributed by atoms with Gasteiger partial charge in [0.25, 0.3) is 0 Å². The Morgan fingerprint density at radius 2 is 1.07 bits per heavy atom. The van der Waals surface area contributed by atoms with Crippen molar-refractivity contribution < 1.29 is 0 Å². The summed E-state index contributed by atoms with van der Waals surface area (Å²) in [5.74, 6) is 3.10. The molecule has 4 aromatic carbocycles. The highest BCUT2D eigenvalue weighted by molar-refractivity contribution is 7.94. The Labute approximate surface area is 186 Å². The van der Waals surface area contributed by atoms with Gasteiger partial charge in [0.15, 0.2) is 0 Å². The molecule has 0 heterocycles. The van der Waals surface area contributed by atoms with Gasteiger partial charge in [-0.05, 0) is 39.6 Å². The van der Waals surface area contributed by atoms with Crippen molar-refractivity contribution in [1.82, 2.24) is 0 Å². The molecule has 0 aliphatic heterocycles. The molecule has 0 saturated carbocycles. The SMILES string of the molecule is Clc1ccc(N=C=C=P(c2ccccc2)(c2ccccc2)c2ccccc2)c(Cl)c1. The number of nitrogens with zero attached hydrogens (tertiary/aromatic N) is 1. The summed E-state index contributed by atoms with van der Waals surface area (Å²) >= 11 is 12.3. The summed E-state index contributed by atoms with van der Waals surface area (Å²) < 4.78 is 0. The molecule has 30 heavy (non-hydrogen) atoms. The first-order valence-corrected chi connectivity index (χ1v) is 12.0. The van der Waals surface area contributed by atoms with E-state index >= 15 is 0 Å². The highest BCUT2D eigenvalue weighted by atomic mass is 35.5. The molecule has 0 atom stereocenters. The second-order valence-corrected chi connectivity index (χ2v) is 10.6. The molecule has 1 nitrogen and oxygen atoms in total. The zero-order valence-corrected chi connectivity index (χ0v) is 18.4. The lowest BCUT2D eigenvalue weighted by molar-refractivity contribution is 1.55. The van der Waals surface area contributed by atoms with Crippen LogP contribution in [0.15, 0.2) is 114 Å². The standard InChI is InChI=1S/C26H18Cl2NP/c27-21-16-17-26(25(28)20-21)29-18-19-30(22-10-4-1-5-11-22,23-12-6-2-7-13-23)24-14-8-3-9-15-24/h1-17,20H. The molecule has 4 aromatic rings. The van der Waals surface area contributed by atoms with E-state index in [1.807, 2.05) is 18.2 Å². The van der Waals surface area contributed by atoms with Crippen LogP contribution in [0.4, 0.5) is 5.69 Å². The third-order valence-electron chi connectivity index (χ3n) is 4.73. The minimum atomic E-state index is -2.24. The van der Waals surface area contributed by atoms with Crippen molar-refractivity contribution in [3.63, 3.8) is 0 Å². The summed E-state index contributed by atoms with van der Waals surface area (Å²) in [7, 11) is 0. The Hall–Kier alpha value is -2.75. The second kappa shape index (κ2) is 9.38. The molecule has 4 heteroatoms. The Morgan fingerprint density at radius 3 is 1.50 bits per heavy atom. The van der Waals surface area contributed by atoms with Crippen molar-refractivity contribution in [3.05, 3.63) is 119 Å². The third kappa shape index (κ3) is 4.23. The van der Waals surface area contributed by atoms with Crippen molar-refractivity contribution in [2.75, 3.05) is 0 Å². The third-order valence-corrected chi connectivity index (χ3v) is 8.93. The van der Waals surface area contributed by atoms with E-state index in [0.717, 1.165) is 0 Å². The van der Waals surface area contributed by atoms with E-state index in [1.165, 1.54) is 15.9 Å². The summed E-state index contributed by atoms with van der Waals surface area (Å²) in [6, 6.07) is 36.6. The largest absolute Gasteiger partial charge is 0.196 e. The maximum Gasteiger partial charge on any atom is 0.0924 e. The fraction of sp³-hybridized carbons (Fsp3) is 0. The van der Waals surface area contributed by atoms with Crippen LogP contribution in [-0.4, -0.2) is 11.3 Å². The molecule has 0 spiro atoms. The Morgan fingerprint density at radius 1 is 0.600 bits per heavy atom. The van der Waals surface area contributed by atoms with E-state index in [2.05, 4.69) is 89.1 Å². The van der Waals surface area contributed by atoms with Crippen molar-refractivity contribution in [1.29, 1.82) is 0 Å². The lowest BCUT2D eigenvalue weighted by Crippen LogP contribution is -2.25. The first-order valence-electron chi connectivity index (χ1n) is 9.44. The van der Waals surface area contributed by atoms with Crippen molar-refractivity contribution in [2.24, 2.45) is 4.99 Å². The molecule has 0 aromatic heterocycles. The summed E-state index contributed by atoms with van der Waals surface area (Å²) in [5, 5.41) is 4.62. The van der Waals surface area contributed by atoms with Crippen molar-refractivity contribution in [3.8, 4) is 0 Å². The Balaban J connectivity index is 2.10. The van der Waals surface area contributed by atoms with Crippen LogP contribution in [0.25, 0.3) is 0 Å². The van der Waals surface area contributed by atoms with Gasteiger partial charge in [-0.2, -0.15) is 4.99 Å². The van der Waals surface area contributed by atoms with E-state index in [1.54, 1.807) is 18.2 Å². The maximum absolute atomic E-state index is 6.29. The van der Waals surface area contributed by atoms with E-state index in [9.17, 15) is 0 Å². The minimum absolute atomic E-state index is 0.486. The first kappa shape index (κ1) is 20.5. The lowest BCUT2D eigenvalue weighted by Gasteiger charge is -2.25. The number of aliphatic imine (C=N–C) groups is 1. The topological polar surface area (TPSA) is 12.4 Å². The van der Waals surface area contributed by atoms with Gasteiger partial charge in [-0.15, -0.1) is 0 Å². The highest BCUT2D eigenvalue weighted by Crippen LogP contribution is 2.42. The molecule has 4 rings (SSSR count). The van der Waals surface area contributed by atoms with E-state index in [4.69, 9.17) is 23.2 Å². The molecular formula is C26H18Cl2NP. The van der Waals surface area contributed by atoms with Gasteiger partial charge in [0.05, 0.1) is 10.7 Å². The van der Waals surface area contributed by atoms with Crippen molar-refractivity contribution in [2.45, 2.75) is 0 Å². The predicted octanol–water partition coefficient (Wildman–Crippen LogP) is 6.25. The van der Waals surface area contributed by atoms with Gasteiger partial charge in [-0.3, -0.25) is 0 Å². The van der Waals surface area contributed by atoms with Gasteiger partial charge in [0, 0.05) is 17.8 Å². The van der Waals surface area contributed by atoms with Gasteiger partial charge < -0.3 is 0 Å². The molecule has 0 fully saturated rings. The van der Waals surface area contributed by atoms with Crippen LogP contribution in [0.3, 0.4) is 0 Å². The summed E-state index contributed by atoms with van der Waals surface area (Å²) in [6.45, 7) is -2.24. The fourth-order valence-electron chi connectivity index (χ4n) is 3.33. The average molecular weight is 446 g/mol. The molecule has 0 aliphatic carbocycles. The fourth-order valence-corrected chi connectivity index (χ4v) is 7.12. The summed E-state index contributed by atoms with van der Waals surface area (Å²) in [4.78, 5) is 4.48. The van der Waals surface area contributed by atoms with Gasteiger partial charge >= 0.3 is 0 Å². The van der Waals surface area contributed by atoms with Gasteiger partial charge in [-0.1, -0.05) is 114 Å². The zero-order chi connectivity index (χ0) is 20.8. The number of hydrogen-bond donors (Lipinski definition) is 0.